The fraction of sp³-hybridized carbons (Fsp3) is 0.0526. The summed E-state index contributed by atoms with van der Waals surface area (Å²) in [5.74, 6) is -1.48. The molecule has 1 aromatic heterocycles. The lowest BCUT2D eigenvalue weighted by Gasteiger charge is -2.24. The van der Waals surface area contributed by atoms with E-state index in [1.807, 2.05) is 6.07 Å². The molecule has 1 aliphatic heterocycles. The van der Waals surface area contributed by atoms with Crippen LogP contribution in [0.25, 0.3) is 11.0 Å². The molecule has 26 heavy (non-hydrogen) atoms. The monoisotopic (exact) mass is 412 g/mol. The number of benzene rings is 2. The predicted octanol–water partition coefficient (Wildman–Crippen LogP) is 3.91. The molecule has 0 amide bonds. The summed E-state index contributed by atoms with van der Waals surface area (Å²) >= 11 is 3.13. The number of nitrogens with two attached hydrogens (primary N) is 1. The number of rotatable bonds is 1. The maximum absolute atomic E-state index is 13.7. The summed E-state index contributed by atoms with van der Waals surface area (Å²) in [6.07, 6.45) is 0. The first-order chi connectivity index (χ1) is 12.5. The molecular weight excluding hydrogens is 403 g/mol. The van der Waals surface area contributed by atoms with E-state index in [4.69, 9.17) is 14.9 Å². The van der Waals surface area contributed by atoms with Crippen LogP contribution in [0.15, 0.2) is 67.6 Å². The van der Waals surface area contributed by atoms with Gasteiger partial charge in [-0.3, -0.25) is 4.79 Å². The van der Waals surface area contributed by atoms with E-state index >= 15 is 0 Å². The van der Waals surface area contributed by atoms with Gasteiger partial charge in [0, 0.05) is 0 Å². The minimum absolute atomic E-state index is 0.0596. The van der Waals surface area contributed by atoms with Crippen LogP contribution >= 0.6 is 15.9 Å². The normalized spacial score (nSPS) is 16.1. The SMILES string of the molecule is N#CC1=C(N)Oc2oc3ccccc3c(=O)c2[C@H]1c1ccc(F)c(Br)c1. The van der Waals surface area contributed by atoms with Gasteiger partial charge in [0.15, 0.2) is 0 Å². The molecule has 1 aliphatic rings. The first kappa shape index (κ1) is 16.4. The second-order valence-electron chi connectivity index (χ2n) is 5.73. The number of hydrogen-bond donors (Lipinski definition) is 1. The van der Waals surface area contributed by atoms with Gasteiger partial charge in [-0.2, -0.15) is 5.26 Å². The lowest BCUT2D eigenvalue weighted by atomic mass is 9.84. The summed E-state index contributed by atoms with van der Waals surface area (Å²) in [7, 11) is 0. The van der Waals surface area contributed by atoms with Crippen LogP contribution in [0, 0.1) is 17.1 Å². The van der Waals surface area contributed by atoms with Crippen molar-refractivity contribution in [2.24, 2.45) is 5.73 Å². The molecule has 3 aromatic rings. The van der Waals surface area contributed by atoms with Gasteiger partial charge in [-0.1, -0.05) is 18.2 Å². The van der Waals surface area contributed by atoms with Gasteiger partial charge < -0.3 is 14.9 Å². The minimum atomic E-state index is -0.818. The molecule has 0 radical (unpaired) electrons. The predicted molar refractivity (Wildman–Crippen MR) is 95.9 cm³/mol. The zero-order chi connectivity index (χ0) is 18.4. The third-order valence-corrected chi connectivity index (χ3v) is 4.85. The molecule has 2 aromatic carbocycles. The molecule has 5 nitrogen and oxygen atoms in total. The van der Waals surface area contributed by atoms with Crippen molar-refractivity contribution in [2.75, 3.05) is 0 Å². The fourth-order valence-corrected chi connectivity index (χ4v) is 3.44. The van der Waals surface area contributed by atoms with Gasteiger partial charge in [0.25, 0.3) is 5.95 Å². The largest absolute Gasteiger partial charge is 0.425 e. The quantitative estimate of drug-likeness (QED) is 0.654. The van der Waals surface area contributed by atoms with E-state index in [0.29, 0.717) is 16.5 Å². The standard InChI is InChI=1S/C19H10BrFN2O3/c20-12-7-9(5-6-13(12)21)15-11(8-22)18(23)26-19-16(15)17(24)10-3-1-2-4-14(10)25-19/h1-7,15H,23H2/t15-/m0/s1. The van der Waals surface area contributed by atoms with E-state index in [1.54, 1.807) is 24.3 Å². The maximum Gasteiger partial charge on any atom is 0.300 e. The van der Waals surface area contributed by atoms with Crippen LogP contribution in [0.2, 0.25) is 0 Å². The van der Waals surface area contributed by atoms with E-state index in [-0.39, 0.29) is 32.9 Å². The molecule has 0 spiro atoms. The van der Waals surface area contributed by atoms with Gasteiger partial charge >= 0.3 is 0 Å². The second kappa shape index (κ2) is 6.00. The Balaban J connectivity index is 2.07. The molecular formula is C19H10BrFN2O3. The number of hydrogen-bond acceptors (Lipinski definition) is 5. The van der Waals surface area contributed by atoms with Crippen LogP contribution in [0.1, 0.15) is 17.0 Å². The summed E-state index contributed by atoms with van der Waals surface area (Å²) < 4.78 is 25.0. The van der Waals surface area contributed by atoms with Crippen LogP contribution in [0.4, 0.5) is 4.39 Å². The Bertz CT molecular complexity index is 1190. The smallest absolute Gasteiger partial charge is 0.300 e. The molecule has 1 atom stereocenters. The Morgan fingerprint density at radius 3 is 2.73 bits per heavy atom. The van der Waals surface area contributed by atoms with Crippen molar-refractivity contribution in [3.63, 3.8) is 0 Å². The van der Waals surface area contributed by atoms with Crippen LogP contribution < -0.4 is 15.9 Å². The Labute approximate surface area is 155 Å². The average molecular weight is 413 g/mol. The number of nitrogens with zero attached hydrogens (tertiary/aromatic N) is 1. The first-order valence-electron chi connectivity index (χ1n) is 7.59. The van der Waals surface area contributed by atoms with Gasteiger partial charge in [0.05, 0.1) is 21.3 Å². The molecule has 0 unspecified atom stereocenters. The fourth-order valence-electron chi connectivity index (χ4n) is 3.05. The van der Waals surface area contributed by atoms with Crippen molar-refractivity contribution >= 4 is 26.9 Å². The lowest BCUT2D eigenvalue weighted by Crippen LogP contribution is -2.26. The summed E-state index contributed by atoms with van der Waals surface area (Å²) in [4.78, 5) is 13.1. The molecule has 7 heteroatoms. The number of ether oxygens (including phenoxy) is 1. The van der Waals surface area contributed by atoms with Crippen molar-refractivity contribution in [3.05, 3.63) is 85.6 Å². The third kappa shape index (κ3) is 2.38. The number of para-hydroxylation sites is 1. The molecule has 0 saturated carbocycles. The summed E-state index contributed by atoms with van der Waals surface area (Å²) in [5, 5.41) is 9.92. The van der Waals surface area contributed by atoms with Crippen molar-refractivity contribution in [2.45, 2.75) is 5.92 Å². The van der Waals surface area contributed by atoms with Gasteiger partial charge in [0.1, 0.15) is 23.0 Å². The average Bonchev–Trinajstić information content (AvgIpc) is 2.63. The Morgan fingerprint density at radius 2 is 2.00 bits per heavy atom. The molecule has 128 valence electrons. The highest BCUT2D eigenvalue weighted by Gasteiger charge is 2.35. The molecule has 0 saturated heterocycles. The van der Waals surface area contributed by atoms with Gasteiger partial charge in [-0.25, -0.2) is 4.39 Å². The molecule has 4 rings (SSSR count). The lowest BCUT2D eigenvalue weighted by molar-refractivity contribution is 0.296. The van der Waals surface area contributed by atoms with E-state index < -0.39 is 11.7 Å². The summed E-state index contributed by atoms with van der Waals surface area (Å²) in [5.41, 5.74) is 6.65. The Kier molecular flexibility index (Phi) is 3.78. The van der Waals surface area contributed by atoms with Gasteiger partial charge in [-0.15, -0.1) is 0 Å². The van der Waals surface area contributed by atoms with Gasteiger partial charge in [-0.05, 0) is 45.8 Å². The Morgan fingerprint density at radius 1 is 1.23 bits per heavy atom. The van der Waals surface area contributed by atoms with Crippen LogP contribution in [0.5, 0.6) is 5.95 Å². The zero-order valence-electron chi connectivity index (χ0n) is 13.1. The topological polar surface area (TPSA) is 89.2 Å². The highest BCUT2D eigenvalue weighted by Crippen LogP contribution is 2.42. The third-order valence-electron chi connectivity index (χ3n) is 4.24. The van der Waals surface area contributed by atoms with Crippen LogP contribution in [-0.4, -0.2) is 0 Å². The van der Waals surface area contributed by atoms with E-state index in [0.717, 1.165) is 0 Å². The highest BCUT2D eigenvalue weighted by molar-refractivity contribution is 9.10. The molecule has 0 fully saturated rings. The van der Waals surface area contributed by atoms with Gasteiger partial charge in [0.2, 0.25) is 11.3 Å². The van der Waals surface area contributed by atoms with E-state index in [2.05, 4.69) is 15.9 Å². The minimum Gasteiger partial charge on any atom is -0.425 e. The Hall–Kier alpha value is -3.11. The molecule has 2 heterocycles. The number of fused-ring (bicyclic) bond motifs is 2. The number of nitriles is 1. The van der Waals surface area contributed by atoms with Crippen molar-refractivity contribution < 1.29 is 13.5 Å². The van der Waals surface area contributed by atoms with Crippen molar-refractivity contribution in [3.8, 4) is 12.0 Å². The maximum atomic E-state index is 13.7. The highest BCUT2D eigenvalue weighted by atomic mass is 79.9. The molecule has 2 N–H and O–H groups in total. The summed E-state index contributed by atoms with van der Waals surface area (Å²) in [6, 6.07) is 13.0. The van der Waals surface area contributed by atoms with E-state index in [1.165, 1.54) is 18.2 Å². The zero-order valence-corrected chi connectivity index (χ0v) is 14.7. The first-order valence-corrected chi connectivity index (χ1v) is 8.39. The van der Waals surface area contributed by atoms with Crippen LogP contribution in [-0.2, 0) is 0 Å². The van der Waals surface area contributed by atoms with Crippen LogP contribution in [0.3, 0.4) is 0 Å². The number of halogens is 2. The van der Waals surface area contributed by atoms with Crippen molar-refractivity contribution in [1.29, 1.82) is 5.26 Å². The van der Waals surface area contributed by atoms with Crippen molar-refractivity contribution in [1.82, 2.24) is 0 Å². The second-order valence-corrected chi connectivity index (χ2v) is 6.58. The molecule has 0 aliphatic carbocycles. The molecule has 0 bridgehead atoms. The number of allylic oxidation sites excluding steroid dienone is 1. The van der Waals surface area contributed by atoms with E-state index in [9.17, 15) is 14.4 Å². The summed E-state index contributed by atoms with van der Waals surface area (Å²) in [6.45, 7) is 0.